The number of ether oxygens (including phenoxy) is 2. The molecule has 0 aromatic carbocycles. The average Bonchev–Trinajstić information content (AvgIpc) is 3.32. The molecule has 0 saturated carbocycles. The van der Waals surface area contributed by atoms with Crippen molar-refractivity contribution in [2.75, 3.05) is 13.2 Å². The van der Waals surface area contributed by atoms with Gasteiger partial charge in [-0.05, 0) is 103 Å². The average molecular weight is 913 g/mol. The number of rotatable bonds is 48. The standard InChI is InChI=1S/C61H100O5/c1-3-5-7-9-11-13-15-17-18-19-20-21-22-23-24-25-26-27-28-29-30-31-32-33-34-35-36-37-38-39-40-41-42-44-46-48-50-52-54-56-61(64)66-59(57-62)58-65-60(63)55-53-51-49-47-45-43-16-14-12-10-8-6-4-2/h5-8,11-14,17-18,20-21,23-24,26-27,29-30,43,45,59,62H,3-4,9-10,15-16,19,22,25,28,31-42,44,46-58H2,1-2H3/b7-5-,8-6-,13-11-,14-12-,18-17-,21-20-,24-23-,27-26-,30-29-,45-43-. The summed E-state index contributed by atoms with van der Waals surface area (Å²) in [5.41, 5.74) is 0. The first-order chi connectivity index (χ1) is 32.6. The van der Waals surface area contributed by atoms with Gasteiger partial charge in [-0.3, -0.25) is 9.59 Å². The molecule has 0 rings (SSSR count). The summed E-state index contributed by atoms with van der Waals surface area (Å²) in [7, 11) is 0. The Balaban J connectivity index is 3.50. The number of hydrogen-bond donors (Lipinski definition) is 1. The van der Waals surface area contributed by atoms with Gasteiger partial charge < -0.3 is 14.6 Å². The second-order valence-corrected chi connectivity index (χ2v) is 17.5. The van der Waals surface area contributed by atoms with Gasteiger partial charge in [-0.15, -0.1) is 0 Å². The lowest BCUT2D eigenvalue weighted by atomic mass is 10.0. The minimum atomic E-state index is -0.789. The van der Waals surface area contributed by atoms with Crippen LogP contribution in [0.5, 0.6) is 0 Å². The number of aliphatic hydroxyl groups excluding tert-OH is 1. The monoisotopic (exact) mass is 913 g/mol. The van der Waals surface area contributed by atoms with Crippen LogP contribution in [0.25, 0.3) is 0 Å². The maximum Gasteiger partial charge on any atom is 0.306 e. The van der Waals surface area contributed by atoms with Crippen LogP contribution in [0, 0.1) is 0 Å². The maximum absolute atomic E-state index is 12.3. The molecule has 1 unspecified atom stereocenters. The van der Waals surface area contributed by atoms with Crippen molar-refractivity contribution in [2.45, 2.75) is 238 Å². The Morgan fingerprint density at radius 3 is 0.924 bits per heavy atom. The molecule has 0 fully saturated rings. The molecule has 0 aliphatic heterocycles. The van der Waals surface area contributed by atoms with Crippen molar-refractivity contribution in [3.05, 3.63) is 122 Å². The van der Waals surface area contributed by atoms with Gasteiger partial charge in [0, 0.05) is 12.8 Å². The summed E-state index contributed by atoms with van der Waals surface area (Å²) in [6, 6.07) is 0. The Labute approximate surface area is 407 Å². The van der Waals surface area contributed by atoms with Crippen molar-refractivity contribution >= 4 is 11.9 Å². The molecule has 0 bridgehead atoms. The number of aliphatic hydroxyl groups is 1. The zero-order valence-corrected chi connectivity index (χ0v) is 42.7. The van der Waals surface area contributed by atoms with Gasteiger partial charge in [0.25, 0.3) is 0 Å². The molecule has 0 aromatic heterocycles. The zero-order chi connectivity index (χ0) is 47.7. The van der Waals surface area contributed by atoms with Crippen molar-refractivity contribution in [2.24, 2.45) is 0 Å². The first kappa shape index (κ1) is 62.3. The van der Waals surface area contributed by atoms with Crippen LogP contribution in [0.15, 0.2) is 122 Å². The van der Waals surface area contributed by atoms with Crippen LogP contribution in [0.1, 0.15) is 232 Å². The molecule has 5 heteroatoms. The van der Waals surface area contributed by atoms with Crippen molar-refractivity contribution in [3.8, 4) is 0 Å². The van der Waals surface area contributed by atoms with E-state index in [1.165, 1.54) is 96.3 Å². The predicted octanol–water partition coefficient (Wildman–Crippen LogP) is 18.3. The largest absolute Gasteiger partial charge is 0.462 e. The van der Waals surface area contributed by atoms with Crippen molar-refractivity contribution in [3.63, 3.8) is 0 Å². The molecule has 5 nitrogen and oxygen atoms in total. The van der Waals surface area contributed by atoms with Crippen LogP contribution in [-0.4, -0.2) is 36.4 Å². The Morgan fingerprint density at radius 2 is 0.606 bits per heavy atom. The molecule has 1 N–H and O–H groups in total. The molecule has 0 heterocycles. The van der Waals surface area contributed by atoms with Crippen molar-refractivity contribution in [1.29, 1.82) is 0 Å². The summed E-state index contributed by atoms with van der Waals surface area (Å²) < 4.78 is 10.6. The number of unbranched alkanes of at least 4 members (excludes halogenated alkanes) is 20. The highest BCUT2D eigenvalue weighted by Crippen LogP contribution is 2.15. The summed E-state index contributed by atoms with van der Waals surface area (Å²) in [4.78, 5) is 24.4. The van der Waals surface area contributed by atoms with E-state index in [0.717, 1.165) is 109 Å². The van der Waals surface area contributed by atoms with Crippen LogP contribution in [-0.2, 0) is 19.1 Å². The lowest BCUT2D eigenvalue weighted by Crippen LogP contribution is -2.28. The van der Waals surface area contributed by atoms with E-state index in [0.29, 0.717) is 12.8 Å². The first-order valence-electron chi connectivity index (χ1n) is 27.1. The van der Waals surface area contributed by atoms with Gasteiger partial charge in [0.05, 0.1) is 6.61 Å². The van der Waals surface area contributed by atoms with Gasteiger partial charge >= 0.3 is 11.9 Å². The van der Waals surface area contributed by atoms with Crippen LogP contribution >= 0.6 is 0 Å². The third-order valence-corrected chi connectivity index (χ3v) is 11.3. The molecule has 0 radical (unpaired) electrons. The molecule has 0 amide bonds. The Kier molecular flexibility index (Phi) is 52.5. The van der Waals surface area contributed by atoms with E-state index in [2.05, 4.69) is 135 Å². The predicted molar refractivity (Wildman–Crippen MR) is 288 cm³/mol. The van der Waals surface area contributed by atoms with Gasteiger partial charge in [-0.1, -0.05) is 238 Å². The maximum atomic E-state index is 12.3. The van der Waals surface area contributed by atoms with E-state index < -0.39 is 6.10 Å². The number of carbonyl (C=O) groups is 2. The summed E-state index contributed by atoms with van der Waals surface area (Å²) in [6.07, 6.45) is 81.8. The molecule has 66 heavy (non-hydrogen) atoms. The van der Waals surface area contributed by atoms with Gasteiger partial charge in [0.2, 0.25) is 0 Å². The third kappa shape index (κ3) is 52.9. The SMILES string of the molecule is CC/C=C\C/C=C\C/C=C\C/C=C\C/C=C\C/C=C\C/C=C\CCCCCCCCCCCCCCCCCCCC(=O)OC(CO)COC(=O)CCCCC/C=C\C/C=C\C/C=C\CC. The lowest BCUT2D eigenvalue weighted by Gasteiger charge is -2.15. The lowest BCUT2D eigenvalue weighted by molar-refractivity contribution is -0.161. The van der Waals surface area contributed by atoms with Gasteiger partial charge in [-0.2, -0.15) is 0 Å². The normalized spacial score (nSPS) is 13.2. The summed E-state index contributed by atoms with van der Waals surface area (Å²) >= 11 is 0. The van der Waals surface area contributed by atoms with Gasteiger partial charge in [0.15, 0.2) is 6.10 Å². The van der Waals surface area contributed by atoms with Crippen LogP contribution < -0.4 is 0 Å². The summed E-state index contributed by atoms with van der Waals surface area (Å²) in [6.45, 7) is 3.88. The Hall–Kier alpha value is -3.70. The Bertz CT molecular complexity index is 1350. The number of esters is 2. The van der Waals surface area contributed by atoms with E-state index in [9.17, 15) is 14.7 Å². The zero-order valence-electron chi connectivity index (χ0n) is 42.7. The van der Waals surface area contributed by atoms with Gasteiger partial charge in [-0.25, -0.2) is 0 Å². The van der Waals surface area contributed by atoms with E-state index in [-0.39, 0.29) is 25.2 Å². The van der Waals surface area contributed by atoms with E-state index >= 15 is 0 Å². The van der Waals surface area contributed by atoms with Gasteiger partial charge in [0.1, 0.15) is 6.61 Å². The van der Waals surface area contributed by atoms with Crippen LogP contribution in [0.2, 0.25) is 0 Å². The van der Waals surface area contributed by atoms with E-state index in [4.69, 9.17) is 9.47 Å². The van der Waals surface area contributed by atoms with Crippen LogP contribution in [0.3, 0.4) is 0 Å². The molecule has 0 saturated heterocycles. The molecular formula is C61H100O5. The highest BCUT2D eigenvalue weighted by molar-refractivity contribution is 5.70. The fourth-order valence-corrected chi connectivity index (χ4v) is 7.26. The minimum Gasteiger partial charge on any atom is -0.462 e. The van der Waals surface area contributed by atoms with Crippen molar-refractivity contribution in [1.82, 2.24) is 0 Å². The highest BCUT2D eigenvalue weighted by Gasteiger charge is 2.16. The fraction of sp³-hybridized carbons (Fsp3) is 0.639. The molecule has 0 aliphatic rings. The second kappa shape index (κ2) is 55.6. The number of carbonyl (C=O) groups excluding carboxylic acids is 2. The van der Waals surface area contributed by atoms with Crippen LogP contribution in [0.4, 0.5) is 0 Å². The van der Waals surface area contributed by atoms with E-state index in [1.807, 2.05) is 0 Å². The number of allylic oxidation sites excluding steroid dienone is 20. The molecular weight excluding hydrogens is 813 g/mol. The number of hydrogen-bond acceptors (Lipinski definition) is 5. The molecule has 1 atom stereocenters. The first-order valence-corrected chi connectivity index (χ1v) is 27.1. The quantitative estimate of drug-likeness (QED) is 0.0374. The summed E-state index contributed by atoms with van der Waals surface area (Å²) in [5, 5.41) is 9.61. The molecule has 0 aromatic rings. The van der Waals surface area contributed by atoms with E-state index in [1.54, 1.807) is 0 Å². The second-order valence-electron chi connectivity index (χ2n) is 17.5. The molecule has 0 aliphatic carbocycles. The molecule has 0 spiro atoms. The topological polar surface area (TPSA) is 72.8 Å². The smallest absolute Gasteiger partial charge is 0.306 e. The van der Waals surface area contributed by atoms with Crippen molar-refractivity contribution < 1.29 is 24.2 Å². The molecule has 374 valence electrons. The third-order valence-electron chi connectivity index (χ3n) is 11.3. The summed E-state index contributed by atoms with van der Waals surface area (Å²) in [5.74, 6) is -0.628. The minimum absolute atomic E-state index is 0.0850. The highest BCUT2D eigenvalue weighted by atomic mass is 16.6. The fourth-order valence-electron chi connectivity index (χ4n) is 7.26. The Morgan fingerprint density at radius 1 is 0.348 bits per heavy atom.